The first kappa shape index (κ1) is 67.4. The van der Waals surface area contributed by atoms with Crippen molar-refractivity contribution in [3.8, 4) is 0 Å². The molecule has 22 nitrogen and oxygen atoms in total. The maximum atomic E-state index is 13.1. The van der Waals surface area contributed by atoms with Gasteiger partial charge < -0.3 is 59.0 Å². The van der Waals surface area contributed by atoms with Crippen LogP contribution < -0.4 is 14.7 Å². The molecule has 0 bridgehead atoms. The van der Waals surface area contributed by atoms with Crippen molar-refractivity contribution in [2.45, 2.75) is 114 Å². The molecule has 0 radical (unpaired) electrons. The minimum absolute atomic E-state index is 0.0926. The smallest absolute Gasteiger partial charge is 0.227 e. The van der Waals surface area contributed by atoms with Crippen molar-refractivity contribution >= 4 is 171 Å². The van der Waals surface area contributed by atoms with Crippen LogP contribution in [0, 0.1) is 37.0 Å². The maximum Gasteiger partial charge on any atom is 0.227 e. The largest absolute Gasteiger partial charge is 0.390 e. The van der Waals surface area contributed by atoms with Gasteiger partial charge in [-0.2, -0.15) is 0 Å². The molecule has 100 heavy (non-hydrogen) atoms. The Morgan fingerprint density at radius 3 is 1.16 bits per heavy atom. The molecule has 0 unspecified atom stereocenters. The van der Waals surface area contributed by atoms with Crippen LogP contribution in [-0.2, 0) is 4.79 Å². The molecule has 3 spiro atoms. The molecule has 12 heterocycles. The number of aromatic nitrogens is 12. The lowest BCUT2D eigenvalue weighted by molar-refractivity contribution is -0.118. The number of aliphatic hydroxyl groups excluding tert-OH is 6. The summed E-state index contributed by atoms with van der Waals surface area (Å²) in [5.41, 5.74) is 8.58. The second-order valence-corrected chi connectivity index (χ2v) is 31.5. The molecule has 1 amide bonds. The van der Waals surface area contributed by atoms with Crippen LogP contribution in [0.5, 0.6) is 0 Å². The number of halogens is 6. The number of anilines is 3. The summed E-state index contributed by atoms with van der Waals surface area (Å²) >= 11 is 28.8. The van der Waals surface area contributed by atoms with Crippen LogP contribution in [0.1, 0.15) is 73.7 Å². The van der Waals surface area contributed by atoms with Crippen molar-refractivity contribution in [3.05, 3.63) is 175 Å². The molecule has 3 saturated carbocycles. The first-order chi connectivity index (χ1) is 48.0. The van der Waals surface area contributed by atoms with Gasteiger partial charge in [-0.15, -0.1) is 0 Å². The third-order valence-electron chi connectivity index (χ3n) is 22.3. The van der Waals surface area contributed by atoms with Gasteiger partial charge in [0.25, 0.3) is 0 Å². The highest BCUT2D eigenvalue weighted by Gasteiger charge is 2.60. The molecule has 6 fully saturated rings. The molecule has 18 rings (SSSR count). The molecule has 3 aliphatic heterocycles. The molecule has 6 aliphatic rings. The Kier molecular flexibility index (Phi) is 17.3. The van der Waals surface area contributed by atoms with E-state index in [1.165, 1.54) is 6.33 Å². The van der Waals surface area contributed by atoms with Crippen molar-refractivity contribution in [3.63, 3.8) is 0 Å². The maximum absolute atomic E-state index is 13.1. The van der Waals surface area contributed by atoms with Crippen molar-refractivity contribution in [2.24, 2.45) is 16.2 Å². The molecule has 3 aromatic carbocycles. The number of amides is 1. The fraction of sp³-hybridized carbons (Fsp3) is 0.361. The molecular weight excluding hydrogens is 1530 g/mol. The quantitative estimate of drug-likeness (QED) is 0.0844. The lowest BCUT2D eigenvalue weighted by atomic mass is 9.82. The van der Waals surface area contributed by atoms with Gasteiger partial charge in [0.05, 0.1) is 83.5 Å². The molecule has 9 aromatic heterocycles. The Bertz CT molecular complexity index is 5070. The number of aliphatic hydroxyl groups is 6. The fourth-order valence-electron chi connectivity index (χ4n) is 16.9. The summed E-state index contributed by atoms with van der Waals surface area (Å²) in [5.74, 6) is -0.0926. The van der Waals surface area contributed by atoms with Gasteiger partial charge in [0.2, 0.25) is 5.91 Å². The molecular formula is C72H67Br3Cl3N15O7. The number of pyridine rings is 3. The van der Waals surface area contributed by atoms with Crippen LogP contribution >= 0.6 is 82.6 Å². The average molecular weight is 1600 g/mol. The van der Waals surface area contributed by atoms with Crippen molar-refractivity contribution in [1.82, 2.24) is 58.6 Å². The predicted molar refractivity (Wildman–Crippen MR) is 395 cm³/mol. The third-order valence-corrected chi connectivity index (χ3v) is 25.7. The van der Waals surface area contributed by atoms with Gasteiger partial charge in [0, 0.05) is 123 Å². The van der Waals surface area contributed by atoms with Gasteiger partial charge in [-0.3, -0.25) is 4.79 Å². The first-order valence-corrected chi connectivity index (χ1v) is 36.5. The summed E-state index contributed by atoms with van der Waals surface area (Å²) in [6.07, 6.45) is 8.58. The lowest BCUT2D eigenvalue weighted by Crippen LogP contribution is -2.38. The van der Waals surface area contributed by atoms with E-state index in [2.05, 4.69) is 115 Å². The Labute approximate surface area is 613 Å². The van der Waals surface area contributed by atoms with E-state index in [0.717, 1.165) is 118 Å². The van der Waals surface area contributed by atoms with E-state index < -0.39 is 48.1 Å². The van der Waals surface area contributed by atoms with Crippen molar-refractivity contribution in [2.75, 3.05) is 47.4 Å². The van der Waals surface area contributed by atoms with E-state index in [1.807, 2.05) is 132 Å². The van der Waals surface area contributed by atoms with Crippen LogP contribution in [0.2, 0.25) is 15.5 Å². The molecule has 3 aliphatic carbocycles. The highest BCUT2D eigenvalue weighted by atomic mass is 79.9. The van der Waals surface area contributed by atoms with Crippen LogP contribution in [0.15, 0.2) is 142 Å². The van der Waals surface area contributed by atoms with E-state index in [9.17, 15) is 35.4 Å². The van der Waals surface area contributed by atoms with Gasteiger partial charge in [0.15, 0.2) is 0 Å². The second kappa shape index (κ2) is 25.7. The number of hydrogen-bond acceptors (Lipinski definition) is 18. The highest BCUT2D eigenvalue weighted by molar-refractivity contribution is 9.11. The molecule has 3 saturated heterocycles. The Morgan fingerprint density at radius 2 is 0.780 bits per heavy atom. The number of fused-ring (bicyclic) bond motifs is 6. The number of carbonyl (C=O) groups excluding carboxylic acids is 1. The van der Waals surface area contributed by atoms with Crippen molar-refractivity contribution in [1.29, 1.82) is 0 Å². The minimum Gasteiger partial charge on any atom is -0.390 e. The predicted octanol–water partition coefficient (Wildman–Crippen LogP) is 12.3. The van der Waals surface area contributed by atoms with Crippen molar-refractivity contribution < 1.29 is 35.4 Å². The van der Waals surface area contributed by atoms with E-state index in [4.69, 9.17) is 34.8 Å². The Hall–Kier alpha value is -7.11. The van der Waals surface area contributed by atoms with Gasteiger partial charge in [-0.05, 0) is 173 Å². The number of nitrogens with zero attached hydrogens (tertiary/aromatic N) is 15. The summed E-state index contributed by atoms with van der Waals surface area (Å²) in [5, 5.41) is 73.7. The minimum atomic E-state index is -1.05. The van der Waals surface area contributed by atoms with E-state index in [-0.39, 0.29) is 35.2 Å². The molecule has 12 atom stereocenters. The number of carbonyl (C=O) groups is 1. The Balaban J connectivity index is 0.000000117. The van der Waals surface area contributed by atoms with Crippen LogP contribution in [0.25, 0.3) is 65.8 Å². The van der Waals surface area contributed by atoms with E-state index in [1.54, 1.807) is 17.6 Å². The number of benzene rings is 3. The SMILES string of the molecule is Cc1ncnc2c1ccn2[C@@H]1C[C@@]2(CC(=O)N(c3ccc4cc(Br)c(Cl)nc4c3)C2)[C@@H](O)[C@H]1O.Cc1ncnc2c1ccn2[C@@H]1C[C@@]2(CCN(c3ccc4cc(Br)c(Cl)nc4c3)C2)[C@@H](O)[C@H]1O.Cc1ncnc2c1ccn2[C@@H]1C[C@@]2(CCN(c3ccc4cc(Br)c(Cl)nc4c3)C2)[C@@H](O)[C@H]1O. The lowest BCUT2D eigenvalue weighted by Gasteiger charge is -2.29. The third kappa shape index (κ3) is 11.4. The van der Waals surface area contributed by atoms with Gasteiger partial charge in [-0.1, -0.05) is 53.0 Å². The molecule has 12 aromatic rings. The molecule has 28 heteroatoms. The normalized spacial score (nSPS) is 27.3. The zero-order valence-corrected chi connectivity index (χ0v) is 61.2. The average Bonchev–Trinajstić information content (AvgIpc) is 1.53. The molecule has 514 valence electrons. The zero-order valence-electron chi connectivity index (χ0n) is 54.2. The van der Waals surface area contributed by atoms with E-state index >= 15 is 0 Å². The summed E-state index contributed by atoms with van der Waals surface area (Å²) in [6.45, 7) is 9.08. The van der Waals surface area contributed by atoms with Gasteiger partial charge in [-0.25, -0.2) is 44.9 Å². The second-order valence-electron chi connectivity index (χ2n) is 27.9. The highest BCUT2D eigenvalue weighted by Crippen LogP contribution is 2.55. The van der Waals surface area contributed by atoms with E-state index in [0.29, 0.717) is 75.7 Å². The van der Waals surface area contributed by atoms with Gasteiger partial charge >= 0.3 is 0 Å². The fourth-order valence-corrected chi connectivity index (χ4v) is 18.4. The zero-order chi connectivity index (χ0) is 69.6. The summed E-state index contributed by atoms with van der Waals surface area (Å²) in [4.78, 5) is 58.8. The number of aryl methyl sites for hydroxylation is 3. The van der Waals surface area contributed by atoms with Crippen LogP contribution in [0.3, 0.4) is 0 Å². The summed E-state index contributed by atoms with van der Waals surface area (Å²) in [7, 11) is 0. The standard InChI is InChI=1S/C24H21BrClN5O3.2C24H23BrClN5O2/c1-12-15-4-5-30(23(15)28-11-27-12)18-8-24(21(34)20(18)33)9-19(32)31(10-24)14-3-2-13-6-16(25)22(26)29-17(13)7-14;2*1-13-16-4-6-31(23(16)28-12-27-13)19-10-24(21(33)20(19)32)5-7-30(11-24)15-3-2-14-8-17(25)22(26)29-18(14)9-15/h2-7,11,18,20-21,33-34H,8-10H2,1H3;2*2-4,6,8-9,12,19-21,32-33H,5,7,10-11H2,1H3/t18-,20+,21+,24+;2*19-,20+,21+,24-/m111/s1. The van der Waals surface area contributed by atoms with Gasteiger partial charge in [0.1, 0.15) is 69.7 Å². The first-order valence-electron chi connectivity index (χ1n) is 33.0. The topological polar surface area (TPSA) is 279 Å². The summed E-state index contributed by atoms with van der Waals surface area (Å²) < 4.78 is 8.18. The van der Waals surface area contributed by atoms with Crippen LogP contribution in [0.4, 0.5) is 17.1 Å². The van der Waals surface area contributed by atoms with Crippen LogP contribution in [-0.4, -0.2) is 164 Å². The molecule has 6 N–H and O–H groups in total. The number of hydrogen-bond donors (Lipinski definition) is 6. The Morgan fingerprint density at radius 1 is 0.440 bits per heavy atom. The monoisotopic (exact) mass is 1600 g/mol. The summed E-state index contributed by atoms with van der Waals surface area (Å²) in [6, 6.07) is 28.8. The number of rotatable bonds is 6.